The van der Waals surface area contributed by atoms with E-state index < -0.39 is 5.82 Å². The van der Waals surface area contributed by atoms with E-state index >= 15 is 0 Å². The van der Waals surface area contributed by atoms with E-state index in [9.17, 15) is 14.0 Å². The summed E-state index contributed by atoms with van der Waals surface area (Å²) < 4.78 is 20.0. The maximum atomic E-state index is 13.4. The van der Waals surface area contributed by atoms with Crippen LogP contribution in [0.3, 0.4) is 0 Å². The van der Waals surface area contributed by atoms with Gasteiger partial charge in [0.15, 0.2) is 0 Å². The molecule has 1 amide bonds. The molecule has 126 valence electrons. The van der Waals surface area contributed by atoms with Crippen molar-refractivity contribution in [2.75, 3.05) is 19.8 Å². The van der Waals surface area contributed by atoms with E-state index in [1.165, 1.54) is 16.5 Å². The van der Waals surface area contributed by atoms with Crippen LogP contribution in [0.4, 0.5) is 4.39 Å². The van der Waals surface area contributed by atoms with E-state index in [0.29, 0.717) is 43.1 Å². The summed E-state index contributed by atoms with van der Waals surface area (Å²) >= 11 is 0. The third kappa shape index (κ3) is 2.58. The zero-order chi connectivity index (χ0) is 16.7. The van der Waals surface area contributed by atoms with Gasteiger partial charge in [-0.05, 0) is 25.0 Å². The predicted octanol–water partition coefficient (Wildman–Crippen LogP) is 1.14. The van der Waals surface area contributed by atoms with Crippen molar-refractivity contribution in [3.63, 3.8) is 0 Å². The highest BCUT2D eigenvalue weighted by Gasteiger charge is 2.30. The molecule has 1 fully saturated rings. The van der Waals surface area contributed by atoms with Gasteiger partial charge >= 0.3 is 0 Å². The number of carbonyl (C=O) groups is 1. The first-order valence-electron chi connectivity index (χ1n) is 8.19. The highest BCUT2D eigenvalue weighted by atomic mass is 19.1. The number of ether oxygens (including phenoxy) is 1. The number of hydrogen-bond donors (Lipinski definition) is 0. The Labute approximate surface area is 137 Å². The third-order valence-electron chi connectivity index (χ3n) is 4.82. The molecule has 2 aliphatic rings. The standard InChI is InChI=1S/C17H18FN3O3/c18-12-1-2-15-19-14-3-6-20(10-13(14)17(23)21(15)9-12)16(22)11-4-7-24-8-5-11/h1-2,9,11H,3-8,10H2. The van der Waals surface area contributed by atoms with Gasteiger partial charge in [0.25, 0.3) is 5.56 Å². The monoisotopic (exact) mass is 331 g/mol. The number of halogens is 1. The first-order chi connectivity index (χ1) is 11.6. The molecule has 24 heavy (non-hydrogen) atoms. The number of hydrogen-bond acceptors (Lipinski definition) is 4. The minimum absolute atomic E-state index is 0.0334. The number of amides is 1. The van der Waals surface area contributed by atoms with E-state index in [2.05, 4.69) is 4.98 Å². The summed E-state index contributed by atoms with van der Waals surface area (Å²) in [6.07, 6.45) is 3.14. The van der Waals surface area contributed by atoms with Crippen LogP contribution in [0.2, 0.25) is 0 Å². The molecule has 0 aromatic carbocycles. The van der Waals surface area contributed by atoms with Crippen molar-refractivity contribution >= 4 is 11.6 Å². The average molecular weight is 331 g/mol. The largest absolute Gasteiger partial charge is 0.381 e. The van der Waals surface area contributed by atoms with Gasteiger partial charge in [-0.1, -0.05) is 0 Å². The number of carbonyl (C=O) groups excluding carboxylic acids is 1. The molecule has 0 unspecified atom stereocenters. The second kappa shape index (κ2) is 5.98. The van der Waals surface area contributed by atoms with E-state index in [4.69, 9.17) is 4.74 Å². The van der Waals surface area contributed by atoms with Crippen molar-refractivity contribution in [1.82, 2.24) is 14.3 Å². The molecule has 0 atom stereocenters. The van der Waals surface area contributed by atoms with Crippen molar-refractivity contribution < 1.29 is 13.9 Å². The summed E-state index contributed by atoms with van der Waals surface area (Å²) in [5.41, 5.74) is 1.34. The molecule has 2 aromatic rings. The van der Waals surface area contributed by atoms with Crippen molar-refractivity contribution in [1.29, 1.82) is 0 Å². The average Bonchev–Trinajstić information content (AvgIpc) is 2.62. The molecule has 1 saturated heterocycles. The maximum absolute atomic E-state index is 13.4. The quantitative estimate of drug-likeness (QED) is 0.786. The van der Waals surface area contributed by atoms with Gasteiger partial charge in [0, 0.05) is 38.3 Å². The number of fused-ring (bicyclic) bond motifs is 2. The Hall–Kier alpha value is -2.28. The van der Waals surface area contributed by atoms with Gasteiger partial charge in [-0.2, -0.15) is 0 Å². The summed E-state index contributed by atoms with van der Waals surface area (Å²) in [4.78, 5) is 31.5. The second-order valence-corrected chi connectivity index (χ2v) is 6.31. The lowest BCUT2D eigenvalue weighted by Crippen LogP contribution is -2.44. The summed E-state index contributed by atoms with van der Waals surface area (Å²) in [6, 6.07) is 2.79. The molecule has 0 aliphatic carbocycles. The summed E-state index contributed by atoms with van der Waals surface area (Å²) in [5, 5.41) is 0. The molecule has 2 aliphatic heterocycles. The fraction of sp³-hybridized carbons (Fsp3) is 0.471. The normalized spacial score (nSPS) is 18.6. The number of rotatable bonds is 1. The van der Waals surface area contributed by atoms with Crippen molar-refractivity contribution in [2.24, 2.45) is 5.92 Å². The topological polar surface area (TPSA) is 63.9 Å². The molecule has 0 saturated carbocycles. The molecular formula is C17H18FN3O3. The van der Waals surface area contributed by atoms with Gasteiger partial charge in [-0.25, -0.2) is 9.37 Å². The highest BCUT2D eigenvalue weighted by Crippen LogP contribution is 2.22. The van der Waals surface area contributed by atoms with Crippen molar-refractivity contribution in [2.45, 2.75) is 25.8 Å². The number of pyridine rings is 1. The van der Waals surface area contributed by atoms with Gasteiger partial charge < -0.3 is 9.64 Å². The van der Waals surface area contributed by atoms with Crippen LogP contribution in [0.5, 0.6) is 0 Å². The number of aromatic nitrogens is 2. The summed E-state index contributed by atoms with van der Waals surface area (Å²) in [7, 11) is 0. The zero-order valence-electron chi connectivity index (χ0n) is 13.2. The Morgan fingerprint density at radius 2 is 2.08 bits per heavy atom. The van der Waals surface area contributed by atoms with E-state index in [0.717, 1.165) is 19.0 Å². The molecule has 0 N–H and O–H groups in total. The Balaban J connectivity index is 1.66. The van der Waals surface area contributed by atoms with Crippen LogP contribution in [-0.2, 0) is 22.5 Å². The van der Waals surface area contributed by atoms with Crippen molar-refractivity contribution in [3.05, 3.63) is 45.8 Å². The van der Waals surface area contributed by atoms with E-state index in [1.54, 1.807) is 4.90 Å². The summed E-state index contributed by atoms with van der Waals surface area (Å²) in [5.74, 6) is -0.445. The minimum atomic E-state index is -0.489. The Morgan fingerprint density at radius 3 is 2.88 bits per heavy atom. The molecule has 7 heteroatoms. The molecule has 6 nitrogen and oxygen atoms in total. The molecule has 0 spiro atoms. The van der Waals surface area contributed by atoms with Crippen LogP contribution in [0.25, 0.3) is 5.65 Å². The van der Waals surface area contributed by atoms with Crippen LogP contribution in [0, 0.1) is 11.7 Å². The Bertz CT molecular complexity index is 858. The Kier molecular flexibility index (Phi) is 3.80. The predicted molar refractivity (Wildman–Crippen MR) is 84.1 cm³/mol. The van der Waals surface area contributed by atoms with Crippen molar-refractivity contribution in [3.8, 4) is 0 Å². The fourth-order valence-electron chi connectivity index (χ4n) is 3.46. The third-order valence-corrected chi connectivity index (χ3v) is 4.82. The van der Waals surface area contributed by atoms with Gasteiger partial charge in [-0.15, -0.1) is 0 Å². The second-order valence-electron chi connectivity index (χ2n) is 6.31. The lowest BCUT2D eigenvalue weighted by Gasteiger charge is -2.32. The van der Waals surface area contributed by atoms with Gasteiger partial charge in [-0.3, -0.25) is 14.0 Å². The Morgan fingerprint density at radius 1 is 1.29 bits per heavy atom. The van der Waals surface area contributed by atoms with Crippen LogP contribution in [0.1, 0.15) is 24.1 Å². The van der Waals surface area contributed by atoms with E-state index in [1.807, 2.05) is 0 Å². The van der Waals surface area contributed by atoms with E-state index in [-0.39, 0.29) is 23.9 Å². The van der Waals surface area contributed by atoms with Crippen LogP contribution in [-0.4, -0.2) is 40.0 Å². The van der Waals surface area contributed by atoms with Crippen LogP contribution < -0.4 is 5.56 Å². The van der Waals surface area contributed by atoms with Gasteiger partial charge in [0.05, 0.1) is 17.8 Å². The van der Waals surface area contributed by atoms with Crippen LogP contribution in [0.15, 0.2) is 23.1 Å². The maximum Gasteiger partial charge on any atom is 0.263 e. The van der Waals surface area contributed by atoms with Gasteiger partial charge in [0.2, 0.25) is 5.91 Å². The molecule has 4 heterocycles. The van der Waals surface area contributed by atoms with Gasteiger partial charge in [0.1, 0.15) is 11.5 Å². The molecule has 0 radical (unpaired) electrons. The minimum Gasteiger partial charge on any atom is -0.381 e. The molecular weight excluding hydrogens is 313 g/mol. The summed E-state index contributed by atoms with van der Waals surface area (Å²) in [6.45, 7) is 2.02. The SMILES string of the molecule is O=C(C1CCOCC1)N1CCc2nc3ccc(F)cn3c(=O)c2C1. The lowest BCUT2D eigenvalue weighted by atomic mass is 9.97. The number of nitrogens with zero attached hydrogens (tertiary/aromatic N) is 3. The molecule has 2 aromatic heterocycles. The highest BCUT2D eigenvalue weighted by molar-refractivity contribution is 5.79. The molecule has 0 bridgehead atoms. The smallest absolute Gasteiger partial charge is 0.263 e. The first-order valence-corrected chi connectivity index (χ1v) is 8.19. The zero-order valence-corrected chi connectivity index (χ0v) is 13.2. The fourth-order valence-corrected chi connectivity index (χ4v) is 3.46. The first kappa shape index (κ1) is 15.3. The lowest BCUT2D eigenvalue weighted by molar-refractivity contribution is -0.139. The van der Waals surface area contributed by atoms with Crippen LogP contribution >= 0.6 is 0 Å². The molecule has 4 rings (SSSR count).